The van der Waals surface area contributed by atoms with E-state index in [1.165, 1.54) is 18.2 Å². The van der Waals surface area contributed by atoms with Crippen LogP contribution in [-0.2, 0) is 16.2 Å². The summed E-state index contributed by atoms with van der Waals surface area (Å²) in [6, 6.07) is 11.9. The van der Waals surface area contributed by atoms with Crippen molar-refractivity contribution in [3.63, 3.8) is 0 Å². The zero-order valence-corrected chi connectivity index (χ0v) is 12.9. The van der Waals surface area contributed by atoms with E-state index < -0.39 is 17.8 Å². The number of ether oxygens (including phenoxy) is 1. The second-order valence-corrected chi connectivity index (χ2v) is 5.25. The summed E-state index contributed by atoms with van der Waals surface area (Å²) in [6.45, 7) is 0.120. The van der Waals surface area contributed by atoms with E-state index in [1.54, 1.807) is 36.4 Å². The van der Waals surface area contributed by atoms with Gasteiger partial charge in [-0.3, -0.25) is 20.2 Å². The van der Waals surface area contributed by atoms with Crippen molar-refractivity contribution in [2.75, 3.05) is 0 Å². The summed E-state index contributed by atoms with van der Waals surface area (Å²) >= 11 is 0. The van der Waals surface area contributed by atoms with E-state index in [0.717, 1.165) is 0 Å². The van der Waals surface area contributed by atoms with E-state index in [1.807, 2.05) is 10.6 Å². The molecule has 0 aromatic heterocycles. The van der Waals surface area contributed by atoms with Gasteiger partial charge >= 0.3 is 6.03 Å². The summed E-state index contributed by atoms with van der Waals surface area (Å²) < 4.78 is 18.9. The number of rotatable bonds is 4. The van der Waals surface area contributed by atoms with Gasteiger partial charge in [0.05, 0.1) is 0 Å². The van der Waals surface area contributed by atoms with Crippen LogP contribution in [0.2, 0.25) is 0 Å². The van der Waals surface area contributed by atoms with Crippen LogP contribution in [0.3, 0.4) is 0 Å². The molecule has 0 saturated carbocycles. The topological polar surface area (TPSA) is 84.5 Å². The lowest BCUT2D eigenvalue weighted by atomic mass is 10.1. The molecule has 1 aliphatic rings. The molecule has 1 saturated heterocycles. The molecule has 2 aromatic carbocycles. The molecular weight excluding hydrogens is 327 g/mol. The first-order valence-electron chi connectivity index (χ1n) is 7.37. The van der Waals surface area contributed by atoms with Gasteiger partial charge in [0.15, 0.2) is 0 Å². The molecule has 25 heavy (non-hydrogen) atoms. The Bertz CT molecular complexity index is 870. The van der Waals surface area contributed by atoms with Crippen molar-refractivity contribution < 1.29 is 23.5 Å². The van der Waals surface area contributed by atoms with E-state index in [4.69, 9.17) is 4.74 Å². The number of barbiturate groups is 1. The fraction of sp³-hybridized carbons (Fsp3) is 0.0556. The Labute approximate surface area is 142 Å². The van der Waals surface area contributed by atoms with Gasteiger partial charge in [0.25, 0.3) is 11.8 Å². The Morgan fingerprint density at radius 1 is 0.960 bits per heavy atom. The minimum atomic E-state index is -0.859. The SMILES string of the molecule is O=C1NC(=O)C(=Cc2ccccc2OCc2cccc(F)c2)C(=O)N1. The fourth-order valence-corrected chi connectivity index (χ4v) is 2.28. The summed E-state index contributed by atoms with van der Waals surface area (Å²) in [5.74, 6) is -1.52. The number of carbonyl (C=O) groups excluding carboxylic acids is 3. The van der Waals surface area contributed by atoms with Gasteiger partial charge in [-0.25, -0.2) is 9.18 Å². The van der Waals surface area contributed by atoms with E-state index in [2.05, 4.69) is 0 Å². The Morgan fingerprint density at radius 2 is 1.68 bits per heavy atom. The number of hydrogen-bond donors (Lipinski definition) is 2. The fourth-order valence-electron chi connectivity index (χ4n) is 2.28. The largest absolute Gasteiger partial charge is 0.488 e. The summed E-state index contributed by atoms with van der Waals surface area (Å²) in [5.41, 5.74) is 0.913. The molecule has 1 fully saturated rings. The van der Waals surface area contributed by atoms with Crippen molar-refractivity contribution in [1.82, 2.24) is 10.6 Å². The minimum absolute atomic E-state index is 0.120. The predicted molar refractivity (Wildman–Crippen MR) is 86.8 cm³/mol. The summed E-state index contributed by atoms with van der Waals surface area (Å²) in [6.07, 6.45) is 1.33. The van der Waals surface area contributed by atoms with Crippen molar-refractivity contribution in [3.05, 3.63) is 71.0 Å². The zero-order valence-electron chi connectivity index (χ0n) is 12.9. The molecule has 2 aromatic rings. The number of halogens is 1. The van der Waals surface area contributed by atoms with Gasteiger partial charge in [0, 0.05) is 5.56 Å². The molecule has 0 aliphatic carbocycles. The third kappa shape index (κ3) is 3.89. The summed E-state index contributed by atoms with van der Waals surface area (Å²) in [4.78, 5) is 34.7. The molecule has 0 radical (unpaired) electrons. The predicted octanol–water partition coefficient (Wildman–Crippen LogP) is 2.15. The van der Waals surface area contributed by atoms with Crippen LogP contribution in [0.25, 0.3) is 6.08 Å². The standard InChI is InChI=1S/C18H13FN2O4/c19-13-6-3-4-11(8-13)10-25-15-7-2-1-5-12(15)9-14-16(22)20-18(24)21-17(14)23/h1-9H,10H2,(H2,20,21,22,23,24). The van der Waals surface area contributed by atoms with Gasteiger partial charge in [-0.2, -0.15) is 0 Å². The number of carbonyl (C=O) groups is 3. The highest BCUT2D eigenvalue weighted by Crippen LogP contribution is 2.23. The molecule has 0 unspecified atom stereocenters. The summed E-state index contributed by atoms with van der Waals surface area (Å²) in [7, 11) is 0. The van der Waals surface area contributed by atoms with Crippen LogP contribution in [0.1, 0.15) is 11.1 Å². The van der Waals surface area contributed by atoms with Crippen LogP contribution >= 0.6 is 0 Å². The first-order valence-corrected chi connectivity index (χ1v) is 7.37. The third-order valence-corrected chi connectivity index (χ3v) is 3.45. The molecule has 4 amide bonds. The lowest BCUT2D eigenvalue weighted by Crippen LogP contribution is -2.51. The van der Waals surface area contributed by atoms with Crippen molar-refractivity contribution in [2.24, 2.45) is 0 Å². The molecule has 1 heterocycles. The average Bonchev–Trinajstić information content (AvgIpc) is 2.57. The monoisotopic (exact) mass is 340 g/mol. The second-order valence-electron chi connectivity index (χ2n) is 5.25. The van der Waals surface area contributed by atoms with Gasteiger partial charge < -0.3 is 4.74 Å². The second kappa shape index (κ2) is 6.96. The van der Waals surface area contributed by atoms with Crippen LogP contribution in [0, 0.1) is 5.82 Å². The van der Waals surface area contributed by atoms with Gasteiger partial charge in [0.1, 0.15) is 23.7 Å². The maximum Gasteiger partial charge on any atom is 0.328 e. The number of amides is 4. The van der Waals surface area contributed by atoms with Gasteiger partial charge in [-0.1, -0.05) is 30.3 Å². The first kappa shape index (κ1) is 16.4. The van der Waals surface area contributed by atoms with Crippen molar-refractivity contribution >= 4 is 23.9 Å². The molecule has 3 rings (SSSR count). The molecule has 0 spiro atoms. The van der Waals surface area contributed by atoms with Crippen LogP contribution < -0.4 is 15.4 Å². The molecule has 1 aliphatic heterocycles. The lowest BCUT2D eigenvalue weighted by molar-refractivity contribution is -0.123. The maximum absolute atomic E-state index is 13.2. The quantitative estimate of drug-likeness (QED) is 0.660. The van der Waals surface area contributed by atoms with Crippen LogP contribution in [0.15, 0.2) is 54.1 Å². The Hall–Kier alpha value is -3.48. The Morgan fingerprint density at radius 3 is 2.40 bits per heavy atom. The number of urea groups is 1. The van der Waals surface area contributed by atoms with Gasteiger partial charge in [0.2, 0.25) is 0 Å². The highest BCUT2D eigenvalue weighted by Gasteiger charge is 2.27. The number of nitrogens with one attached hydrogen (secondary N) is 2. The number of imide groups is 2. The molecule has 7 heteroatoms. The van der Waals surface area contributed by atoms with Crippen molar-refractivity contribution in [2.45, 2.75) is 6.61 Å². The molecule has 2 N–H and O–H groups in total. The average molecular weight is 340 g/mol. The molecular formula is C18H13FN2O4. The smallest absolute Gasteiger partial charge is 0.328 e. The molecule has 126 valence electrons. The maximum atomic E-state index is 13.2. The minimum Gasteiger partial charge on any atom is -0.488 e. The zero-order chi connectivity index (χ0) is 17.8. The van der Waals surface area contributed by atoms with E-state index in [9.17, 15) is 18.8 Å². The third-order valence-electron chi connectivity index (χ3n) is 3.45. The summed E-state index contributed by atoms with van der Waals surface area (Å²) in [5, 5.41) is 4.01. The molecule has 0 atom stereocenters. The van der Waals surface area contributed by atoms with Crippen molar-refractivity contribution in [3.8, 4) is 5.75 Å². The van der Waals surface area contributed by atoms with Crippen LogP contribution in [0.5, 0.6) is 5.75 Å². The Kier molecular flexibility index (Phi) is 4.56. The van der Waals surface area contributed by atoms with E-state index in [-0.39, 0.29) is 18.0 Å². The van der Waals surface area contributed by atoms with E-state index in [0.29, 0.717) is 16.9 Å². The number of para-hydroxylation sites is 1. The normalized spacial score (nSPS) is 14.0. The van der Waals surface area contributed by atoms with Gasteiger partial charge in [-0.05, 0) is 29.8 Å². The van der Waals surface area contributed by atoms with E-state index >= 15 is 0 Å². The van der Waals surface area contributed by atoms with Crippen molar-refractivity contribution in [1.29, 1.82) is 0 Å². The molecule has 0 bridgehead atoms. The van der Waals surface area contributed by atoms with Crippen LogP contribution in [-0.4, -0.2) is 17.8 Å². The highest BCUT2D eigenvalue weighted by atomic mass is 19.1. The lowest BCUT2D eigenvalue weighted by Gasteiger charge is -2.15. The van der Waals surface area contributed by atoms with Crippen LogP contribution in [0.4, 0.5) is 9.18 Å². The molecule has 6 nitrogen and oxygen atoms in total. The van der Waals surface area contributed by atoms with Gasteiger partial charge in [-0.15, -0.1) is 0 Å². The Balaban J connectivity index is 1.83. The number of benzene rings is 2. The highest BCUT2D eigenvalue weighted by molar-refractivity contribution is 6.31. The first-order chi connectivity index (χ1) is 12.0. The number of hydrogen-bond acceptors (Lipinski definition) is 4.